The van der Waals surface area contributed by atoms with Crippen LogP contribution in [0, 0.1) is 0 Å². The van der Waals surface area contributed by atoms with Crippen LogP contribution in [-0.4, -0.2) is 35.8 Å². The molecule has 0 spiro atoms. The van der Waals surface area contributed by atoms with Crippen molar-refractivity contribution in [3.05, 3.63) is 29.3 Å². The molecule has 5 nitrogen and oxygen atoms in total. The summed E-state index contributed by atoms with van der Waals surface area (Å²) < 4.78 is 0. The van der Waals surface area contributed by atoms with Crippen molar-refractivity contribution >= 4 is 29.9 Å². The van der Waals surface area contributed by atoms with Gasteiger partial charge in [-0.05, 0) is 36.5 Å². The number of rotatable bonds is 4. The summed E-state index contributed by atoms with van der Waals surface area (Å²) in [5.41, 5.74) is 9.00. The van der Waals surface area contributed by atoms with Gasteiger partial charge in [0.15, 0.2) is 0 Å². The second-order valence-corrected chi connectivity index (χ2v) is 5.96. The molecule has 0 aliphatic carbocycles. The molecule has 1 saturated heterocycles. The van der Waals surface area contributed by atoms with E-state index in [9.17, 15) is 9.59 Å². The van der Waals surface area contributed by atoms with E-state index in [1.54, 1.807) is 0 Å². The Balaban J connectivity index is 0.00000176. The van der Waals surface area contributed by atoms with Gasteiger partial charge in [-0.2, -0.15) is 0 Å². The van der Waals surface area contributed by atoms with E-state index in [0.29, 0.717) is 19.4 Å². The topological polar surface area (TPSA) is 75.4 Å². The molecule has 2 aliphatic rings. The molecule has 1 fully saturated rings. The summed E-state index contributed by atoms with van der Waals surface area (Å²) in [4.78, 5) is 25.2. The summed E-state index contributed by atoms with van der Waals surface area (Å²) in [5.74, 6) is 0.267. The SMILES string of the molecule is Cl.N[C@@H]1CCN(C(=O)CCCc2ccc3c(c2)CC(=O)N3)C1. The maximum absolute atomic E-state index is 12.0. The van der Waals surface area contributed by atoms with Crippen molar-refractivity contribution in [2.75, 3.05) is 18.4 Å². The molecule has 22 heavy (non-hydrogen) atoms. The molecule has 0 unspecified atom stereocenters. The smallest absolute Gasteiger partial charge is 0.228 e. The number of fused-ring (bicyclic) bond motifs is 1. The van der Waals surface area contributed by atoms with Gasteiger partial charge in [-0.3, -0.25) is 9.59 Å². The van der Waals surface area contributed by atoms with E-state index in [1.165, 1.54) is 5.56 Å². The van der Waals surface area contributed by atoms with Crippen LogP contribution in [0.25, 0.3) is 0 Å². The van der Waals surface area contributed by atoms with Gasteiger partial charge >= 0.3 is 0 Å². The third-order valence-corrected chi connectivity index (χ3v) is 4.23. The summed E-state index contributed by atoms with van der Waals surface area (Å²) in [6.45, 7) is 1.50. The first-order valence-corrected chi connectivity index (χ1v) is 7.57. The Bertz CT molecular complexity index is 577. The molecule has 2 heterocycles. The fourth-order valence-electron chi connectivity index (χ4n) is 3.05. The molecule has 1 atom stereocenters. The van der Waals surface area contributed by atoms with Crippen molar-refractivity contribution < 1.29 is 9.59 Å². The van der Waals surface area contributed by atoms with Gasteiger partial charge in [-0.15, -0.1) is 12.4 Å². The number of nitrogens with zero attached hydrogens (tertiary/aromatic N) is 1. The number of nitrogens with two attached hydrogens (primary N) is 1. The Hall–Kier alpha value is -1.59. The quantitative estimate of drug-likeness (QED) is 0.881. The van der Waals surface area contributed by atoms with Crippen LogP contribution in [0.3, 0.4) is 0 Å². The molecule has 0 radical (unpaired) electrons. The van der Waals surface area contributed by atoms with E-state index in [-0.39, 0.29) is 30.3 Å². The maximum Gasteiger partial charge on any atom is 0.228 e. The molecule has 1 aromatic carbocycles. The summed E-state index contributed by atoms with van der Waals surface area (Å²) in [5, 5.41) is 2.83. The average molecular weight is 324 g/mol. The van der Waals surface area contributed by atoms with Crippen molar-refractivity contribution in [2.24, 2.45) is 5.73 Å². The fourth-order valence-corrected chi connectivity index (χ4v) is 3.05. The number of benzene rings is 1. The number of carbonyl (C=O) groups is 2. The average Bonchev–Trinajstić information content (AvgIpc) is 3.03. The molecular weight excluding hydrogens is 302 g/mol. The van der Waals surface area contributed by atoms with Crippen molar-refractivity contribution in [1.82, 2.24) is 4.90 Å². The molecule has 0 saturated carbocycles. The first-order chi connectivity index (χ1) is 10.1. The first kappa shape index (κ1) is 16.8. The molecule has 3 rings (SSSR count). The van der Waals surface area contributed by atoms with Crippen molar-refractivity contribution in [1.29, 1.82) is 0 Å². The maximum atomic E-state index is 12.0. The molecule has 6 heteroatoms. The number of anilines is 1. The van der Waals surface area contributed by atoms with Crippen LogP contribution < -0.4 is 11.1 Å². The Morgan fingerprint density at radius 2 is 2.23 bits per heavy atom. The normalized spacial score (nSPS) is 19.6. The van der Waals surface area contributed by atoms with Crippen LogP contribution in [0.4, 0.5) is 5.69 Å². The zero-order valence-electron chi connectivity index (χ0n) is 12.5. The minimum Gasteiger partial charge on any atom is -0.341 e. The molecule has 120 valence electrons. The van der Waals surface area contributed by atoms with E-state index >= 15 is 0 Å². The predicted octanol–water partition coefficient (Wildman–Crippen LogP) is 1.49. The van der Waals surface area contributed by atoms with Crippen LogP contribution in [0.15, 0.2) is 18.2 Å². The van der Waals surface area contributed by atoms with Crippen LogP contribution in [-0.2, 0) is 22.4 Å². The number of carbonyl (C=O) groups excluding carboxylic acids is 2. The van der Waals surface area contributed by atoms with Crippen LogP contribution in [0.5, 0.6) is 0 Å². The monoisotopic (exact) mass is 323 g/mol. The van der Waals surface area contributed by atoms with Gasteiger partial charge in [0.2, 0.25) is 11.8 Å². The fraction of sp³-hybridized carbons (Fsp3) is 0.500. The van der Waals surface area contributed by atoms with Crippen LogP contribution in [0.2, 0.25) is 0 Å². The highest BCUT2D eigenvalue weighted by Crippen LogP contribution is 2.24. The third kappa shape index (κ3) is 3.78. The van der Waals surface area contributed by atoms with Crippen molar-refractivity contribution in [3.63, 3.8) is 0 Å². The number of nitrogens with one attached hydrogen (secondary N) is 1. The number of halogens is 1. The molecular formula is C16H22ClN3O2. The molecule has 2 aliphatic heterocycles. The lowest BCUT2D eigenvalue weighted by molar-refractivity contribution is -0.130. The standard InChI is InChI=1S/C16H21N3O2.ClH/c17-13-6-7-19(10-13)16(21)3-1-2-11-4-5-14-12(8-11)9-15(20)18-14;/h4-5,8,13H,1-3,6-7,9-10,17H2,(H,18,20);1H/t13-;/m1./s1. The summed E-state index contributed by atoms with van der Waals surface area (Å²) in [6, 6.07) is 6.21. The Morgan fingerprint density at radius 1 is 1.41 bits per heavy atom. The highest BCUT2D eigenvalue weighted by Gasteiger charge is 2.23. The Morgan fingerprint density at radius 3 is 2.95 bits per heavy atom. The van der Waals surface area contributed by atoms with E-state index in [0.717, 1.165) is 37.1 Å². The lowest BCUT2D eigenvalue weighted by atomic mass is 10.0. The van der Waals surface area contributed by atoms with Crippen LogP contribution >= 0.6 is 12.4 Å². The van der Waals surface area contributed by atoms with Gasteiger partial charge in [0, 0.05) is 31.2 Å². The zero-order valence-corrected chi connectivity index (χ0v) is 13.3. The van der Waals surface area contributed by atoms with E-state index in [1.807, 2.05) is 17.0 Å². The lowest BCUT2D eigenvalue weighted by Gasteiger charge is -2.15. The van der Waals surface area contributed by atoms with Gasteiger partial charge in [0.1, 0.15) is 0 Å². The highest BCUT2D eigenvalue weighted by molar-refractivity contribution is 5.99. The molecule has 0 aromatic heterocycles. The number of aryl methyl sites for hydroxylation is 1. The van der Waals surface area contributed by atoms with Crippen LogP contribution in [0.1, 0.15) is 30.4 Å². The molecule has 2 amide bonds. The van der Waals surface area contributed by atoms with Gasteiger partial charge < -0.3 is 16.0 Å². The largest absolute Gasteiger partial charge is 0.341 e. The van der Waals surface area contributed by atoms with Gasteiger partial charge in [0.05, 0.1) is 6.42 Å². The first-order valence-electron chi connectivity index (χ1n) is 7.57. The number of amides is 2. The van der Waals surface area contributed by atoms with Gasteiger partial charge in [0.25, 0.3) is 0 Å². The minimum atomic E-state index is 0. The predicted molar refractivity (Wildman–Crippen MR) is 88.1 cm³/mol. The molecule has 3 N–H and O–H groups in total. The zero-order chi connectivity index (χ0) is 14.8. The van der Waals surface area contributed by atoms with Gasteiger partial charge in [-0.25, -0.2) is 0 Å². The molecule has 1 aromatic rings. The third-order valence-electron chi connectivity index (χ3n) is 4.23. The number of likely N-dealkylation sites (tertiary alicyclic amines) is 1. The summed E-state index contributed by atoms with van der Waals surface area (Å²) >= 11 is 0. The van der Waals surface area contributed by atoms with E-state index in [4.69, 9.17) is 5.73 Å². The Labute approximate surface area is 136 Å². The van der Waals surface area contributed by atoms with Crippen molar-refractivity contribution in [3.8, 4) is 0 Å². The summed E-state index contributed by atoms with van der Waals surface area (Å²) in [6.07, 6.45) is 3.66. The Kier molecular flexibility index (Phi) is 5.42. The lowest BCUT2D eigenvalue weighted by Crippen LogP contribution is -2.31. The number of hydrogen-bond donors (Lipinski definition) is 2. The molecule has 0 bridgehead atoms. The highest BCUT2D eigenvalue weighted by atomic mass is 35.5. The van der Waals surface area contributed by atoms with Crippen molar-refractivity contribution in [2.45, 2.75) is 38.1 Å². The second-order valence-electron chi connectivity index (χ2n) is 5.96. The second kappa shape index (κ2) is 7.11. The summed E-state index contributed by atoms with van der Waals surface area (Å²) in [7, 11) is 0. The van der Waals surface area contributed by atoms with E-state index < -0.39 is 0 Å². The minimum absolute atomic E-state index is 0. The van der Waals surface area contributed by atoms with E-state index in [2.05, 4.69) is 11.4 Å². The number of hydrogen-bond acceptors (Lipinski definition) is 3. The van der Waals surface area contributed by atoms with Gasteiger partial charge in [-0.1, -0.05) is 12.1 Å².